The zero-order valence-corrected chi connectivity index (χ0v) is 39.4. The molecule has 0 bridgehead atoms. The minimum absolute atomic E-state index is 0.0555. The summed E-state index contributed by atoms with van der Waals surface area (Å²) in [6.07, 6.45) is 15.2. The number of ether oxygens (including phenoxy) is 1. The molecule has 5 rings (SSSR count). The number of aryl methyl sites for hydroxylation is 3. The number of para-hydroxylation sites is 1. The van der Waals surface area contributed by atoms with Gasteiger partial charge in [0.2, 0.25) is 17.7 Å². The van der Waals surface area contributed by atoms with Crippen LogP contribution in [-0.2, 0) is 32.0 Å². The predicted octanol–water partition coefficient (Wildman–Crippen LogP) is 8.38. The molecule has 358 valence electrons. The second-order valence-electron chi connectivity index (χ2n) is 17.4. The molecule has 0 radical (unpaired) electrons. The number of urea groups is 2. The van der Waals surface area contributed by atoms with E-state index in [1.165, 1.54) is 32.1 Å². The topological polar surface area (TPSA) is 216 Å². The summed E-state index contributed by atoms with van der Waals surface area (Å²) in [4.78, 5) is 73.3. The number of carbonyl (C=O) groups excluding carboxylic acids is 5. The first kappa shape index (κ1) is 51.2. The van der Waals surface area contributed by atoms with Gasteiger partial charge in [-0.2, -0.15) is 11.8 Å². The van der Waals surface area contributed by atoms with E-state index in [-0.39, 0.29) is 54.7 Å². The van der Waals surface area contributed by atoms with Crippen LogP contribution in [0.2, 0.25) is 0 Å². The van der Waals surface area contributed by atoms with Gasteiger partial charge in [-0.3, -0.25) is 14.4 Å². The molecule has 0 aliphatic carbocycles. The zero-order chi connectivity index (χ0) is 47.1. The maximum atomic E-state index is 13.0. The second kappa shape index (κ2) is 27.6. The molecular weight excluding hydrogens is 859 g/mol. The molecule has 15 nitrogen and oxygen atoms in total. The van der Waals surface area contributed by atoms with Crippen molar-refractivity contribution in [3.05, 3.63) is 82.9 Å². The lowest BCUT2D eigenvalue weighted by atomic mass is 10.0. The summed E-state index contributed by atoms with van der Waals surface area (Å²) in [6.45, 7) is 4.66. The number of hydrogen-bond donors (Lipinski definition) is 8. The van der Waals surface area contributed by atoms with Crippen LogP contribution in [0, 0.1) is 13.8 Å². The molecule has 66 heavy (non-hydrogen) atoms. The van der Waals surface area contributed by atoms with Crippen LogP contribution in [-0.4, -0.2) is 83.6 Å². The molecule has 2 aliphatic heterocycles. The van der Waals surface area contributed by atoms with Gasteiger partial charge in [-0.15, -0.1) is 0 Å². The summed E-state index contributed by atoms with van der Waals surface area (Å²) in [7, 11) is 0. The van der Waals surface area contributed by atoms with Gasteiger partial charge in [0.05, 0.1) is 18.5 Å². The minimum atomic E-state index is -1.12. The van der Waals surface area contributed by atoms with Crippen LogP contribution in [0.4, 0.5) is 26.7 Å². The molecule has 2 heterocycles. The molecule has 8 N–H and O–H groups in total. The van der Waals surface area contributed by atoms with E-state index in [0.717, 1.165) is 86.0 Å². The fraction of sp³-hybridized carbons (Fsp3) is 0.520. The highest BCUT2D eigenvalue weighted by molar-refractivity contribution is 8.00. The fourth-order valence-corrected chi connectivity index (χ4v) is 9.88. The van der Waals surface area contributed by atoms with Gasteiger partial charge in [-0.25, -0.2) is 14.4 Å². The molecule has 0 aromatic heterocycles. The highest BCUT2D eigenvalue weighted by Crippen LogP contribution is 2.33. The maximum Gasteiger partial charge on any atom is 0.341 e. The highest BCUT2D eigenvalue weighted by Gasteiger charge is 2.42. The van der Waals surface area contributed by atoms with Crippen LogP contribution in [0.1, 0.15) is 119 Å². The summed E-state index contributed by atoms with van der Waals surface area (Å²) >= 11 is 1.92. The number of benzene rings is 3. The summed E-state index contributed by atoms with van der Waals surface area (Å²) in [6, 6.07) is 17.8. The Labute approximate surface area is 393 Å². The molecule has 3 aromatic carbocycles. The number of carboxylic acid groups (broad SMARTS) is 1. The van der Waals surface area contributed by atoms with E-state index < -0.39 is 12.6 Å². The molecular formula is C50H69N7O8S. The number of carboxylic acids is 1. The normalized spacial score (nSPS) is 16.1. The third-order valence-corrected chi connectivity index (χ3v) is 13.5. The Bertz CT molecular complexity index is 2060. The summed E-state index contributed by atoms with van der Waals surface area (Å²) in [5, 5.41) is 30.3. The van der Waals surface area contributed by atoms with Crippen LogP contribution in [0.15, 0.2) is 60.7 Å². The Morgan fingerprint density at radius 3 is 1.97 bits per heavy atom. The van der Waals surface area contributed by atoms with Crippen LogP contribution < -0.4 is 42.0 Å². The van der Waals surface area contributed by atoms with Gasteiger partial charge in [0, 0.05) is 54.0 Å². The lowest BCUT2D eigenvalue weighted by Crippen LogP contribution is -2.36. The number of fused-ring (bicyclic) bond motifs is 1. The molecule has 7 amide bonds. The molecule has 0 saturated carbocycles. The third-order valence-electron chi connectivity index (χ3n) is 11.9. The molecule has 2 aliphatic rings. The van der Waals surface area contributed by atoms with E-state index in [4.69, 9.17) is 4.74 Å². The first-order valence-corrected chi connectivity index (χ1v) is 24.7. The van der Waals surface area contributed by atoms with Crippen molar-refractivity contribution in [2.24, 2.45) is 0 Å². The van der Waals surface area contributed by atoms with Gasteiger partial charge >= 0.3 is 18.0 Å². The van der Waals surface area contributed by atoms with E-state index in [9.17, 15) is 33.9 Å². The number of anilines is 3. The molecule has 3 aromatic rings. The Kier molecular flexibility index (Phi) is 21.5. The maximum absolute atomic E-state index is 13.0. The first-order valence-electron chi connectivity index (χ1n) is 23.7. The van der Waals surface area contributed by atoms with Crippen molar-refractivity contribution in [2.75, 3.05) is 41.4 Å². The molecule has 0 spiro atoms. The first-order chi connectivity index (χ1) is 31.9. The molecule has 0 unspecified atom stereocenters. The van der Waals surface area contributed by atoms with Crippen molar-refractivity contribution in [1.29, 1.82) is 0 Å². The summed E-state index contributed by atoms with van der Waals surface area (Å²) < 4.78 is 5.49. The van der Waals surface area contributed by atoms with E-state index in [1.54, 1.807) is 42.5 Å². The summed E-state index contributed by atoms with van der Waals surface area (Å²) in [5.41, 5.74) is 5.11. The van der Waals surface area contributed by atoms with Crippen molar-refractivity contribution >= 4 is 64.6 Å². The number of hydrogen-bond acceptors (Lipinski definition) is 8. The highest BCUT2D eigenvalue weighted by atomic mass is 32.2. The van der Waals surface area contributed by atoms with Gasteiger partial charge in [0.1, 0.15) is 5.75 Å². The number of rotatable bonds is 29. The monoisotopic (exact) mass is 927 g/mol. The Balaban J connectivity index is 0.877. The van der Waals surface area contributed by atoms with Crippen molar-refractivity contribution in [2.45, 2.75) is 140 Å². The zero-order valence-electron chi connectivity index (χ0n) is 38.6. The average Bonchev–Trinajstić information content (AvgIpc) is 3.84. The SMILES string of the molecule is Cc1cccc(C)c1NC(=O)Nc1ccc(CC(=O)Nc2ccc(OCC(=O)O)c(CCC(=O)NCCCCCCCCCCCCNC(=O)CCCC[C@@H]3SC[C@@H]4NC(=O)N[C@@H]43)c2)cc1. The van der Waals surface area contributed by atoms with Crippen molar-refractivity contribution < 1.29 is 38.6 Å². The van der Waals surface area contributed by atoms with Gasteiger partial charge in [0.15, 0.2) is 6.61 Å². The van der Waals surface area contributed by atoms with Gasteiger partial charge in [-0.1, -0.05) is 88.1 Å². The van der Waals surface area contributed by atoms with E-state index in [0.29, 0.717) is 47.3 Å². The molecule has 2 fully saturated rings. The number of amides is 7. The standard InChI is InChI=1S/C50H69N7O8S/c1-34-16-15-17-35(2)47(34)56-49(63)54-38-23-20-36(21-24-38)30-45(60)53-39-25-26-41(65-32-46(61)62)37(31-39)22-27-44(59)52-29-14-10-8-6-4-3-5-7-9-13-28-51-43(58)19-12-11-18-42-48-40(33-66-42)55-50(64)57-48/h15-17,20-21,23-26,31,40,42,48H,3-14,18-19,22,27-30,32-33H2,1-2H3,(H,51,58)(H,52,59)(H,53,60)(H,61,62)(H2,54,56,63)(H2,55,57,64)/t40-,42-,48-/m0/s1. The van der Waals surface area contributed by atoms with Crippen molar-refractivity contribution in [3.63, 3.8) is 0 Å². The smallest absolute Gasteiger partial charge is 0.341 e. The van der Waals surface area contributed by atoms with Crippen molar-refractivity contribution in [1.82, 2.24) is 21.3 Å². The largest absolute Gasteiger partial charge is 0.482 e. The van der Waals surface area contributed by atoms with Gasteiger partial charge in [0.25, 0.3) is 0 Å². The third kappa shape index (κ3) is 18.2. The molecule has 16 heteroatoms. The second-order valence-corrected chi connectivity index (χ2v) is 18.6. The Hall–Kier alpha value is -5.77. The van der Waals surface area contributed by atoms with Crippen LogP contribution >= 0.6 is 11.8 Å². The summed E-state index contributed by atoms with van der Waals surface area (Å²) in [5.74, 6) is -0.0574. The molecule has 2 saturated heterocycles. The van der Waals surface area contributed by atoms with Crippen LogP contribution in [0.25, 0.3) is 0 Å². The van der Waals surface area contributed by atoms with Crippen LogP contribution in [0.3, 0.4) is 0 Å². The van der Waals surface area contributed by atoms with Gasteiger partial charge in [-0.05, 0) is 98.5 Å². The van der Waals surface area contributed by atoms with E-state index in [2.05, 4.69) is 37.2 Å². The number of unbranched alkanes of at least 4 members (excludes halogenated alkanes) is 10. The number of thioether (sulfide) groups is 1. The fourth-order valence-electron chi connectivity index (χ4n) is 8.34. The lowest BCUT2D eigenvalue weighted by Gasteiger charge is -2.16. The average molecular weight is 928 g/mol. The number of nitrogens with one attached hydrogen (secondary N) is 7. The minimum Gasteiger partial charge on any atom is -0.482 e. The molecule has 3 atom stereocenters. The number of aliphatic carboxylic acids is 1. The van der Waals surface area contributed by atoms with Crippen molar-refractivity contribution in [3.8, 4) is 5.75 Å². The van der Waals surface area contributed by atoms with E-state index >= 15 is 0 Å². The van der Waals surface area contributed by atoms with E-state index in [1.807, 2.05) is 43.8 Å². The predicted molar refractivity (Wildman–Crippen MR) is 261 cm³/mol. The lowest BCUT2D eigenvalue weighted by molar-refractivity contribution is -0.139. The Morgan fingerprint density at radius 2 is 1.32 bits per heavy atom. The quantitative estimate of drug-likeness (QED) is 0.0248. The van der Waals surface area contributed by atoms with Crippen LogP contribution in [0.5, 0.6) is 5.75 Å². The number of carbonyl (C=O) groups is 6. The van der Waals surface area contributed by atoms with Gasteiger partial charge < -0.3 is 47.1 Å². The Morgan fingerprint density at radius 1 is 0.697 bits per heavy atom.